The van der Waals surface area contributed by atoms with Gasteiger partial charge in [0.1, 0.15) is 5.75 Å². The summed E-state index contributed by atoms with van der Waals surface area (Å²) in [6.45, 7) is 0. The molecule has 0 aromatic heterocycles. The molecule has 0 atom stereocenters. The number of rotatable bonds is 2. The van der Waals surface area contributed by atoms with Gasteiger partial charge in [-0.25, -0.2) is 0 Å². The Hall–Kier alpha value is -1.51. The molecule has 0 bridgehead atoms. The minimum Gasteiger partial charge on any atom is -0.455 e. The Morgan fingerprint density at radius 2 is 1.61 bits per heavy atom. The van der Waals surface area contributed by atoms with Crippen LogP contribution in [0.25, 0.3) is 0 Å². The van der Waals surface area contributed by atoms with Crippen molar-refractivity contribution in [2.24, 2.45) is 0 Å². The van der Waals surface area contributed by atoms with Crippen LogP contribution < -0.4 is 10.5 Å². The number of ether oxygens (including phenoxy) is 1. The fourth-order valence-electron chi connectivity index (χ4n) is 1.39. The predicted molar refractivity (Wildman–Crippen MR) is 77.5 cm³/mol. The van der Waals surface area contributed by atoms with Crippen molar-refractivity contribution in [3.63, 3.8) is 0 Å². The van der Waals surface area contributed by atoms with Gasteiger partial charge in [0.25, 0.3) is 0 Å². The molecule has 0 unspecified atom stereocenters. The summed E-state index contributed by atoms with van der Waals surface area (Å²) in [4.78, 5) is 0. The quantitative estimate of drug-likeness (QED) is 0.797. The highest BCUT2D eigenvalue weighted by molar-refractivity contribution is 9.11. The largest absolute Gasteiger partial charge is 0.455 e. The molecule has 0 saturated carbocycles. The van der Waals surface area contributed by atoms with E-state index in [1.165, 1.54) is 0 Å². The van der Waals surface area contributed by atoms with Crippen LogP contribution in [0.5, 0.6) is 11.5 Å². The summed E-state index contributed by atoms with van der Waals surface area (Å²) in [6.07, 6.45) is 0. The number of benzene rings is 2. The Labute approximate surface area is 121 Å². The number of nitrogen functional groups attached to an aromatic ring is 1. The molecule has 90 valence electrons. The lowest BCUT2D eigenvalue weighted by Gasteiger charge is -2.10. The van der Waals surface area contributed by atoms with E-state index >= 15 is 0 Å². The SMILES string of the molecule is N#Cc1ccc(Oc2c(Br)cc(N)cc2Br)cc1. The molecule has 5 heteroatoms. The molecular formula is C13H8Br2N2O. The van der Waals surface area contributed by atoms with Crippen LogP contribution in [-0.2, 0) is 0 Å². The summed E-state index contributed by atoms with van der Waals surface area (Å²) in [5, 5.41) is 8.72. The summed E-state index contributed by atoms with van der Waals surface area (Å²) in [5.41, 5.74) is 6.94. The number of anilines is 1. The van der Waals surface area contributed by atoms with E-state index in [2.05, 4.69) is 37.9 Å². The minimum atomic E-state index is 0.595. The lowest BCUT2D eigenvalue weighted by molar-refractivity contribution is 0.476. The van der Waals surface area contributed by atoms with E-state index in [0.29, 0.717) is 22.7 Å². The number of nitriles is 1. The molecule has 2 N–H and O–H groups in total. The summed E-state index contributed by atoms with van der Waals surface area (Å²) in [5.74, 6) is 1.30. The molecule has 2 aromatic rings. The predicted octanol–water partition coefficient (Wildman–Crippen LogP) is 4.46. The van der Waals surface area contributed by atoms with Crippen LogP contribution in [0, 0.1) is 11.3 Å². The molecule has 0 saturated heterocycles. The normalized spacial score (nSPS) is 9.83. The van der Waals surface area contributed by atoms with Crippen LogP contribution in [0.3, 0.4) is 0 Å². The highest BCUT2D eigenvalue weighted by Gasteiger charge is 2.09. The molecule has 2 aromatic carbocycles. The number of hydrogen-bond acceptors (Lipinski definition) is 3. The van der Waals surface area contributed by atoms with Crippen molar-refractivity contribution in [1.82, 2.24) is 0 Å². The Morgan fingerprint density at radius 1 is 1.06 bits per heavy atom. The van der Waals surface area contributed by atoms with Crippen LogP contribution in [0.2, 0.25) is 0 Å². The first-order chi connectivity index (χ1) is 8.60. The van der Waals surface area contributed by atoms with Crippen LogP contribution in [-0.4, -0.2) is 0 Å². The van der Waals surface area contributed by atoms with Gasteiger partial charge in [0.15, 0.2) is 5.75 Å². The molecule has 0 aliphatic carbocycles. The molecule has 0 heterocycles. The monoisotopic (exact) mass is 366 g/mol. The topological polar surface area (TPSA) is 59.0 Å². The van der Waals surface area contributed by atoms with Gasteiger partial charge in [-0.05, 0) is 68.3 Å². The first kappa shape index (κ1) is 12.9. The van der Waals surface area contributed by atoms with Crippen LogP contribution >= 0.6 is 31.9 Å². The first-order valence-electron chi connectivity index (χ1n) is 5.02. The molecule has 3 nitrogen and oxygen atoms in total. The van der Waals surface area contributed by atoms with Gasteiger partial charge in [0.05, 0.1) is 20.6 Å². The second-order valence-corrected chi connectivity index (χ2v) is 5.26. The molecule has 0 fully saturated rings. The van der Waals surface area contributed by atoms with E-state index in [-0.39, 0.29) is 0 Å². The van der Waals surface area contributed by atoms with Crippen molar-refractivity contribution < 1.29 is 4.74 Å². The van der Waals surface area contributed by atoms with Crippen molar-refractivity contribution >= 4 is 37.5 Å². The fourth-order valence-corrected chi connectivity index (χ4v) is 2.78. The molecule has 0 aliphatic heterocycles. The third kappa shape index (κ3) is 2.84. The maximum absolute atomic E-state index is 8.72. The average molecular weight is 368 g/mol. The van der Waals surface area contributed by atoms with E-state index in [1.807, 2.05) is 0 Å². The zero-order chi connectivity index (χ0) is 13.1. The average Bonchev–Trinajstić information content (AvgIpc) is 2.34. The van der Waals surface area contributed by atoms with E-state index < -0.39 is 0 Å². The third-order valence-corrected chi connectivity index (χ3v) is 3.40. The third-order valence-electron chi connectivity index (χ3n) is 2.22. The molecule has 18 heavy (non-hydrogen) atoms. The second kappa shape index (κ2) is 5.42. The van der Waals surface area contributed by atoms with E-state index in [9.17, 15) is 0 Å². The lowest BCUT2D eigenvalue weighted by Crippen LogP contribution is -1.90. The molecule has 0 aliphatic rings. The molecule has 0 amide bonds. The van der Waals surface area contributed by atoms with Gasteiger partial charge in [-0.1, -0.05) is 0 Å². The van der Waals surface area contributed by atoms with Crippen molar-refractivity contribution in [2.45, 2.75) is 0 Å². The van der Waals surface area contributed by atoms with Gasteiger partial charge in [-0.3, -0.25) is 0 Å². The zero-order valence-corrected chi connectivity index (χ0v) is 12.3. The fraction of sp³-hybridized carbons (Fsp3) is 0. The van der Waals surface area contributed by atoms with Crippen molar-refractivity contribution in [2.75, 3.05) is 5.73 Å². The van der Waals surface area contributed by atoms with Gasteiger partial charge < -0.3 is 10.5 Å². The van der Waals surface area contributed by atoms with Crippen molar-refractivity contribution in [3.05, 3.63) is 50.9 Å². The Balaban J connectivity index is 2.31. The van der Waals surface area contributed by atoms with E-state index in [4.69, 9.17) is 15.7 Å². The minimum absolute atomic E-state index is 0.595. The zero-order valence-electron chi connectivity index (χ0n) is 9.15. The van der Waals surface area contributed by atoms with Gasteiger partial charge in [-0.15, -0.1) is 0 Å². The Bertz CT molecular complexity index is 595. The summed E-state index contributed by atoms with van der Waals surface area (Å²) in [6, 6.07) is 12.5. The van der Waals surface area contributed by atoms with Crippen molar-refractivity contribution in [1.29, 1.82) is 5.26 Å². The highest BCUT2D eigenvalue weighted by atomic mass is 79.9. The number of hydrogen-bond donors (Lipinski definition) is 1. The van der Waals surface area contributed by atoms with Crippen LogP contribution in [0.1, 0.15) is 5.56 Å². The smallest absolute Gasteiger partial charge is 0.155 e. The molecule has 0 spiro atoms. The number of nitrogens with two attached hydrogens (primary N) is 1. The van der Waals surface area contributed by atoms with Crippen LogP contribution in [0.4, 0.5) is 5.69 Å². The maximum Gasteiger partial charge on any atom is 0.155 e. The van der Waals surface area contributed by atoms with Crippen molar-refractivity contribution in [3.8, 4) is 17.6 Å². The van der Waals surface area contributed by atoms with E-state index in [0.717, 1.165) is 8.95 Å². The number of halogens is 2. The Kier molecular flexibility index (Phi) is 3.90. The molecular weight excluding hydrogens is 360 g/mol. The summed E-state index contributed by atoms with van der Waals surface area (Å²) in [7, 11) is 0. The van der Waals surface area contributed by atoms with Gasteiger partial charge >= 0.3 is 0 Å². The summed E-state index contributed by atoms with van der Waals surface area (Å²) >= 11 is 6.79. The maximum atomic E-state index is 8.72. The van der Waals surface area contributed by atoms with Crippen LogP contribution in [0.15, 0.2) is 45.3 Å². The van der Waals surface area contributed by atoms with E-state index in [1.54, 1.807) is 36.4 Å². The molecule has 0 radical (unpaired) electrons. The Morgan fingerprint density at radius 3 is 2.11 bits per heavy atom. The first-order valence-corrected chi connectivity index (χ1v) is 6.61. The molecule has 2 rings (SSSR count). The lowest BCUT2D eigenvalue weighted by atomic mass is 10.2. The summed E-state index contributed by atoms with van der Waals surface area (Å²) < 4.78 is 7.26. The van der Waals surface area contributed by atoms with Gasteiger partial charge in [0, 0.05) is 5.69 Å². The number of nitrogens with zero attached hydrogens (tertiary/aromatic N) is 1. The standard InChI is InChI=1S/C13H8Br2N2O/c14-11-5-9(17)6-12(15)13(11)18-10-3-1-8(7-16)2-4-10/h1-6H,17H2. The van der Waals surface area contributed by atoms with Gasteiger partial charge in [-0.2, -0.15) is 5.26 Å². The second-order valence-electron chi connectivity index (χ2n) is 3.55. The highest BCUT2D eigenvalue weighted by Crippen LogP contribution is 2.38. The van der Waals surface area contributed by atoms with Gasteiger partial charge in [0.2, 0.25) is 0 Å².